The summed E-state index contributed by atoms with van der Waals surface area (Å²) in [5.74, 6) is 1.27. The lowest BCUT2D eigenvalue weighted by molar-refractivity contribution is 0.0706. The number of hydrogen-bond donors (Lipinski definition) is 0. The standard InChI is InChI=1S/C28H31N3O3/c32-28(26-9-10-27(29-18-26)30-12-15-33-16-13-30)31(20-23-11-14-34-21-23)19-22-5-4-8-25(17-22)24-6-2-1-3-7-24/h1-10,17-18,23H,11-16,19-21H2. The fourth-order valence-electron chi connectivity index (χ4n) is 4.63. The molecule has 5 rings (SSSR count). The first-order valence-electron chi connectivity index (χ1n) is 12.1. The number of benzene rings is 2. The molecule has 176 valence electrons. The van der Waals surface area contributed by atoms with E-state index in [4.69, 9.17) is 9.47 Å². The summed E-state index contributed by atoms with van der Waals surface area (Å²) in [6.07, 6.45) is 2.70. The maximum atomic E-state index is 13.6. The van der Waals surface area contributed by atoms with E-state index in [0.717, 1.165) is 43.1 Å². The van der Waals surface area contributed by atoms with E-state index in [-0.39, 0.29) is 5.91 Å². The second-order valence-electron chi connectivity index (χ2n) is 8.99. The minimum absolute atomic E-state index is 0.0121. The van der Waals surface area contributed by atoms with Crippen molar-refractivity contribution in [2.24, 2.45) is 5.92 Å². The van der Waals surface area contributed by atoms with E-state index in [1.807, 2.05) is 35.2 Å². The average Bonchev–Trinajstić information content (AvgIpc) is 3.42. The van der Waals surface area contributed by atoms with Gasteiger partial charge in [0, 0.05) is 44.9 Å². The van der Waals surface area contributed by atoms with Crippen LogP contribution in [0.25, 0.3) is 11.1 Å². The van der Waals surface area contributed by atoms with Gasteiger partial charge in [-0.15, -0.1) is 0 Å². The van der Waals surface area contributed by atoms with Crippen LogP contribution in [0.5, 0.6) is 0 Å². The maximum absolute atomic E-state index is 13.6. The van der Waals surface area contributed by atoms with E-state index in [9.17, 15) is 4.79 Å². The zero-order chi connectivity index (χ0) is 23.2. The molecule has 0 N–H and O–H groups in total. The lowest BCUT2D eigenvalue weighted by Gasteiger charge is -2.28. The Hall–Kier alpha value is -3.22. The molecule has 3 aromatic rings. The van der Waals surface area contributed by atoms with Crippen molar-refractivity contribution in [2.75, 3.05) is 51.0 Å². The third kappa shape index (κ3) is 5.46. The Bertz CT molecular complexity index is 1080. The van der Waals surface area contributed by atoms with E-state index < -0.39 is 0 Å². The number of nitrogens with zero attached hydrogens (tertiary/aromatic N) is 3. The van der Waals surface area contributed by atoms with E-state index in [1.54, 1.807) is 6.20 Å². The first-order chi connectivity index (χ1) is 16.8. The Morgan fingerprint density at radius 1 is 0.941 bits per heavy atom. The SMILES string of the molecule is O=C(c1ccc(N2CCOCC2)nc1)N(Cc1cccc(-c2ccccc2)c1)CC1CCOC1. The number of aromatic nitrogens is 1. The van der Waals surface area contributed by atoms with Gasteiger partial charge in [-0.1, -0.05) is 48.5 Å². The van der Waals surface area contributed by atoms with Gasteiger partial charge in [0.1, 0.15) is 5.82 Å². The number of rotatable bonds is 7. The van der Waals surface area contributed by atoms with Crippen LogP contribution in [-0.4, -0.2) is 61.9 Å². The summed E-state index contributed by atoms with van der Waals surface area (Å²) in [6, 6.07) is 22.6. The smallest absolute Gasteiger partial charge is 0.255 e. The highest BCUT2D eigenvalue weighted by atomic mass is 16.5. The molecular formula is C28H31N3O3. The van der Waals surface area contributed by atoms with Gasteiger partial charge in [0.15, 0.2) is 0 Å². The molecule has 1 unspecified atom stereocenters. The Balaban J connectivity index is 1.35. The molecule has 2 aromatic carbocycles. The number of morpholine rings is 1. The summed E-state index contributed by atoms with van der Waals surface area (Å²) in [7, 11) is 0. The number of carbonyl (C=O) groups excluding carboxylic acids is 1. The molecule has 0 spiro atoms. The molecule has 0 radical (unpaired) electrons. The highest BCUT2D eigenvalue weighted by molar-refractivity contribution is 5.94. The molecule has 1 amide bonds. The molecule has 2 aliphatic heterocycles. The second-order valence-corrected chi connectivity index (χ2v) is 8.99. The molecule has 0 aliphatic carbocycles. The predicted octanol–water partition coefficient (Wildman–Crippen LogP) is 4.26. The summed E-state index contributed by atoms with van der Waals surface area (Å²) in [5, 5.41) is 0. The Kier molecular flexibility index (Phi) is 7.17. The van der Waals surface area contributed by atoms with Crippen LogP contribution in [0.2, 0.25) is 0 Å². The number of ether oxygens (including phenoxy) is 2. The van der Waals surface area contributed by atoms with Gasteiger partial charge in [-0.3, -0.25) is 4.79 Å². The lowest BCUT2D eigenvalue weighted by Crippen LogP contribution is -2.37. The topological polar surface area (TPSA) is 54.9 Å². The normalized spacial score (nSPS) is 18.1. The van der Waals surface area contributed by atoms with E-state index in [0.29, 0.717) is 44.4 Å². The lowest BCUT2D eigenvalue weighted by atomic mass is 10.0. The summed E-state index contributed by atoms with van der Waals surface area (Å²) in [6.45, 7) is 5.79. The summed E-state index contributed by atoms with van der Waals surface area (Å²) in [5.41, 5.74) is 4.07. The van der Waals surface area contributed by atoms with Crippen LogP contribution in [0.4, 0.5) is 5.82 Å². The van der Waals surface area contributed by atoms with E-state index >= 15 is 0 Å². The number of pyridine rings is 1. The van der Waals surface area contributed by atoms with Crippen molar-refractivity contribution in [1.82, 2.24) is 9.88 Å². The largest absolute Gasteiger partial charge is 0.381 e. The van der Waals surface area contributed by atoms with Crippen molar-refractivity contribution >= 4 is 11.7 Å². The zero-order valence-corrected chi connectivity index (χ0v) is 19.4. The minimum atomic E-state index is 0.0121. The molecule has 2 aliphatic rings. The van der Waals surface area contributed by atoms with Gasteiger partial charge >= 0.3 is 0 Å². The molecule has 2 fully saturated rings. The van der Waals surface area contributed by atoms with Gasteiger partial charge in [-0.2, -0.15) is 0 Å². The third-order valence-electron chi connectivity index (χ3n) is 6.53. The Morgan fingerprint density at radius 2 is 1.76 bits per heavy atom. The Morgan fingerprint density at radius 3 is 2.50 bits per heavy atom. The number of hydrogen-bond acceptors (Lipinski definition) is 5. The molecule has 1 atom stereocenters. The number of amides is 1. The molecule has 0 saturated carbocycles. The molecule has 6 nitrogen and oxygen atoms in total. The Labute approximate surface area is 201 Å². The van der Waals surface area contributed by atoms with Crippen LogP contribution in [0, 0.1) is 5.92 Å². The van der Waals surface area contributed by atoms with Gasteiger partial charge < -0.3 is 19.3 Å². The fourth-order valence-corrected chi connectivity index (χ4v) is 4.63. The van der Waals surface area contributed by atoms with Crippen LogP contribution in [0.3, 0.4) is 0 Å². The monoisotopic (exact) mass is 457 g/mol. The summed E-state index contributed by atoms with van der Waals surface area (Å²) < 4.78 is 11.0. The number of anilines is 1. The van der Waals surface area contributed by atoms with Crippen molar-refractivity contribution in [3.05, 3.63) is 84.1 Å². The highest BCUT2D eigenvalue weighted by Gasteiger charge is 2.24. The van der Waals surface area contributed by atoms with Crippen LogP contribution in [0.15, 0.2) is 72.9 Å². The first kappa shape index (κ1) is 22.6. The summed E-state index contributed by atoms with van der Waals surface area (Å²) >= 11 is 0. The van der Waals surface area contributed by atoms with Crippen LogP contribution >= 0.6 is 0 Å². The third-order valence-corrected chi connectivity index (χ3v) is 6.53. The van der Waals surface area contributed by atoms with Gasteiger partial charge in [-0.25, -0.2) is 4.98 Å². The number of carbonyl (C=O) groups is 1. The molecule has 6 heteroatoms. The van der Waals surface area contributed by atoms with Crippen molar-refractivity contribution in [3.8, 4) is 11.1 Å². The van der Waals surface area contributed by atoms with Crippen molar-refractivity contribution in [3.63, 3.8) is 0 Å². The average molecular weight is 458 g/mol. The predicted molar refractivity (Wildman–Crippen MR) is 133 cm³/mol. The molecule has 0 bridgehead atoms. The van der Waals surface area contributed by atoms with Crippen LogP contribution in [-0.2, 0) is 16.0 Å². The van der Waals surface area contributed by atoms with Gasteiger partial charge in [0.05, 0.1) is 25.4 Å². The highest BCUT2D eigenvalue weighted by Crippen LogP contribution is 2.23. The van der Waals surface area contributed by atoms with Crippen molar-refractivity contribution in [2.45, 2.75) is 13.0 Å². The van der Waals surface area contributed by atoms with Crippen LogP contribution in [0.1, 0.15) is 22.3 Å². The van der Waals surface area contributed by atoms with Crippen molar-refractivity contribution < 1.29 is 14.3 Å². The van der Waals surface area contributed by atoms with E-state index in [1.165, 1.54) is 5.56 Å². The fraction of sp³-hybridized carbons (Fsp3) is 0.357. The van der Waals surface area contributed by atoms with Crippen LogP contribution < -0.4 is 4.90 Å². The maximum Gasteiger partial charge on any atom is 0.255 e. The van der Waals surface area contributed by atoms with Gasteiger partial charge in [0.2, 0.25) is 0 Å². The molecule has 1 aromatic heterocycles. The molecule has 3 heterocycles. The molecule has 34 heavy (non-hydrogen) atoms. The molecule has 2 saturated heterocycles. The second kappa shape index (κ2) is 10.8. The van der Waals surface area contributed by atoms with Gasteiger partial charge in [0.25, 0.3) is 5.91 Å². The zero-order valence-electron chi connectivity index (χ0n) is 19.4. The first-order valence-corrected chi connectivity index (χ1v) is 12.1. The minimum Gasteiger partial charge on any atom is -0.381 e. The molecular weight excluding hydrogens is 426 g/mol. The summed E-state index contributed by atoms with van der Waals surface area (Å²) in [4.78, 5) is 22.3. The van der Waals surface area contributed by atoms with E-state index in [2.05, 4.69) is 46.3 Å². The van der Waals surface area contributed by atoms with Crippen molar-refractivity contribution in [1.29, 1.82) is 0 Å². The van der Waals surface area contributed by atoms with Gasteiger partial charge in [-0.05, 0) is 41.3 Å². The quantitative estimate of drug-likeness (QED) is 0.531.